The van der Waals surface area contributed by atoms with Crippen LogP contribution in [0.25, 0.3) is 22.1 Å². The van der Waals surface area contributed by atoms with E-state index in [9.17, 15) is 9.18 Å². The summed E-state index contributed by atoms with van der Waals surface area (Å²) in [6.45, 7) is 5.84. The lowest BCUT2D eigenvalue weighted by Gasteiger charge is -2.09. The van der Waals surface area contributed by atoms with Gasteiger partial charge in [-0.3, -0.25) is 0 Å². The Morgan fingerprint density at radius 1 is 1.16 bits per heavy atom. The first-order chi connectivity index (χ1) is 12.0. The molecule has 0 N–H and O–H groups in total. The zero-order valence-corrected chi connectivity index (χ0v) is 14.3. The summed E-state index contributed by atoms with van der Waals surface area (Å²) in [5.41, 5.74) is 1.78. The van der Waals surface area contributed by atoms with Crippen LogP contribution < -0.4 is 4.74 Å². The molecule has 5 heteroatoms. The molecule has 0 saturated heterocycles. The molecule has 3 rings (SSSR count). The van der Waals surface area contributed by atoms with Crippen LogP contribution in [0.15, 0.2) is 46.9 Å². The van der Waals surface area contributed by atoms with E-state index in [1.54, 1.807) is 31.2 Å². The number of hydrogen-bond donors (Lipinski definition) is 0. The molecule has 0 unspecified atom stereocenters. The molecule has 0 aliphatic rings. The average Bonchev–Trinajstić information content (AvgIpc) is 2.94. The molecule has 0 radical (unpaired) electrons. The lowest BCUT2D eigenvalue weighted by Crippen LogP contribution is -2.05. The summed E-state index contributed by atoms with van der Waals surface area (Å²) in [6.07, 6.45) is 0.0168. The minimum absolute atomic E-state index is 0.0168. The van der Waals surface area contributed by atoms with E-state index in [1.165, 1.54) is 12.1 Å². The van der Waals surface area contributed by atoms with Crippen LogP contribution in [0.2, 0.25) is 0 Å². The van der Waals surface area contributed by atoms with E-state index in [0.29, 0.717) is 27.8 Å². The van der Waals surface area contributed by atoms with Crippen LogP contribution in [0.5, 0.6) is 5.75 Å². The molecule has 0 bridgehead atoms. The highest BCUT2D eigenvalue weighted by atomic mass is 19.1. The third-order valence-corrected chi connectivity index (χ3v) is 3.62. The highest BCUT2D eigenvalue weighted by molar-refractivity contribution is 6.06. The Kier molecular flexibility index (Phi) is 4.74. The number of ether oxygens (including phenoxy) is 2. The molecule has 0 saturated carbocycles. The van der Waals surface area contributed by atoms with Gasteiger partial charge in [0.1, 0.15) is 17.1 Å². The van der Waals surface area contributed by atoms with Gasteiger partial charge in [-0.2, -0.15) is 0 Å². The number of carbonyl (C=O) groups is 1. The largest absolute Gasteiger partial charge is 0.491 e. The maximum Gasteiger partial charge on any atom is 0.374 e. The number of carbonyl (C=O) groups excluding carboxylic acids is 1. The number of rotatable bonds is 5. The molecule has 0 atom stereocenters. The van der Waals surface area contributed by atoms with E-state index in [1.807, 2.05) is 19.9 Å². The van der Waals surface area contributed by atoms with Gasteiger partial charge in [0.05, 0.1) is 12.7 Å². The van der Waals surface area contributed by atoms with Gasteiger partial charge in [-0.25, -0.2) is 9.18 Å². The molecule has 2 aromatic carbocycles. The molecule has 3 aromatic rings. The smallest absolute Gasteiger partial charge is 0.374 e. The van der Waals surface area contributed by atoms with Crippen LogP contribution >= 0.6 is 0 Å². The van der Waals surface area contributed by atoms with Crippen molar-refractivity contribution in [3.8, 4) is 16.9 Å². The molecule has 0 spiro atoms. The first-order valence-electron chi connectivity index (χ1n) is 8.16. The third-order valence-electron chi connectivity index (χ3n) is 3.62. The number of halogens is 1. The zero-order chi connectivity index (χ0) is 18.0. The summed E-state index contributed by atoms with van der Waals surface area (Å²) in [5, 5.41) is 0.716. The van der Waals surface area contributed by atoms with E-state index in [0.717, 1.165) is 0 Å². The molecule has 1 aromatic heterocycles. The topological polar surface area (TPSA) is 48.7 Å². The first kappa shape index (κ1) is 17.0. The van der Waals surface area contributed by atoms with Crippen molar-refractivity contribution in [1.29, 1.82) is 0 Å². The van der Waals surface area contributed by atoms with Crippen LogP contribution in [0, 0.1) is 5.82 Å². The molecular formula is C20H19FO4. The Bertz CT molecular complexity index is 894. The van der Waals surface area contributed by atoms with Crippen molar-refractivity contribution in [2.45, 2.75) is 26.9 Å². The molecule has 0 aliphatic heterocycles. The standard InChI is InChI=1S/C20H19FO4/c1-4-23-20(22)19-18(13-5-7-14(21)8-6-13)16-11-15(24-12(2)3)9-10-17(16)25-19/h5-12H,4H2,1-3H3. The molecular weight excluding hydrogens is 323 g/mol. The highest BCUT2D eigenvalue weighted by Gasteiger charge is 2.23. The minimum atomic E-state index is -0.552. The van der Waals surface area contributed by atoms with E-state index in [2.05, 4.69) is 0 Å². The maximum absolute atomic E-state index is 13.3. The number of furan rings is 1. The fourth-order valence-corrected chi connectivity index (χ4v) is 2.67. The average molecular weight is 342 g/mol. The Labute approximate surface area is 145 Å². The Hall–Kier alpha value is -2.82. The highest BCUT2D eigenvalue weighted by Crippen LogP contribution is 2.37. The van der Waals surface area contributed by atoms with Gasteiger partial charge in [0, 0.05) is 10.9 Å². The summed E-state index contributed by atoms with van der Waals surface area (Å²) in [4.78, 5) is 12.3. The maximum atomic E-state index is 13.3. The predicted molar refractivity (Wildman–Crippen MR) is 93.3 cm³/mol. The molecule has 0 fully saturated rings. The molecule has 0 amide bonds. The number of fused-ring (bicyclic) bond motifs is 1. The summed E-state index contributed by atoms with van der Waals surface area (Å²) in [6, 6.07) is 11.3. The molecule has 25 heavy (non-hydrogen) atoms. The lowest BCUT2D eigenvalue weighted by molar-refractivity contribution is 0.0494. The summed E-state index contributed by atoms with van der Waals surface area (Å²) in [5.74, 6) is -0.130. The van der Waals surface area contributed by atoms with Gasteiger partial charge in [0.2, 0.25) is 5.76 Å². The predicted octanol–water partition coefficient (Wildman–Crippen LogP) is 5.20. The van der Waals surface area contributed by atoms with Gasteiger partial charge in [-0.1, -0.05) is 12.1 Å². The normalized spacial score (nSPS) is 11.1. The second-order valence-electron chi connectivity index (χ2n) is 5.86. The molecule has 1 heterocycles. The second kappa shape index (κ2) is 6.97. The molecule has 4 nitrogen and oxygen atoms in total. The van der Waals surface area contributed by atoms with Crippen LogP contribution in [0.1, 0.15) is 31.3 Å². The fourth-order valence-electron chi connectivity index (χ4n) is 2.67. The zero-order valence-electron chi connectivity index (χ0n) is 14.3. The van der Waals surface area contributed by atoms with Gasteiger partial charge < -0.3 is 13.9 Å². The third kappa shape index (κ3) is 3.50. The van der Waals surface area contributed by atoms with Crippen molar-refractivity contribution in [2.75, 3.05) is 6.61 Å². The summed E-state index contributed by atoms with van der Waals surface area (Å²) >= 11 is 0. The molecule has 130 valence electrons. The first-order valence-corrected chi connectivity index (χ1v) is 8.16. The van der Waals surface area contributed by atoms with E-state index in [-0.39, 0.29) is 24.3 Å². The number of hydrogen-bond acceptors (Lipinski definition) is 4. The van der Waals surface area contributed by atoms with Crippen LogP contribution in [0.3, 0.4) is 0 Å². The van der Waals surface area contributed by atoms with E-state index in [4.69, 9.17) is 13.9 Å². The van der Waals surface area contributed by atoms with Crippen LogP contribution in [-0.4, -0.2) is 18.7 Å². The quantitative estimate of drug-likeness (QED) is 0.598. The van der Waals surface area contributed by atoms with Crippen molar-refractivity contribution in [2.24, 2.45) is 0 Å². The summed E-state index contributed by atoms with van der Waals surface area (Å²) < 4.78 is 29.9. The van der Waals surface area contributed by atoms with Crippen molar-refractivity contribution in [3.05, 3.63) is 54.0 Å². The summed E-state index contributed by atoms with van der Waals surface area (Å²) in [7, 11) is 0. The Balaban J connectivity index is 2.21. The molecule has 0 aliphatic carbocycles. The van der Waals surface area contributed by atoms with E-state index < -0.39 is 5.97 Å². The van der Waals surface area contributed by atoms with Crippen LogP contribution in [-0.2, 0) is 4.74 Å². The minimum Gasteiger partial charge on any atom is -0.491 e. The number of benzene rings is 2. The number of esters is 1. The Morgan fingerprint density at radius 2 is 1.88 bits per heavy atom. The van der Waals surface area contributed by atoms with Gasteiger partial charge in [-0.05, 0) is 56.7 Å². The second-order valence-corrected chi connectivity index (χ2v) is 5.86. The fraction of sp³-hybridized carbons (Fsp3) is 0.250. The van der Waals surface area contributed by atoms with Crippen LogP contribution in [0.4, 0.5) is 4.39 Å². The van der Waals surface area contributed by atoms with E-state index >= 15 is 0 Å². The SMILES string of the molecule is CCOC(=O)c1oc2ccc(OC(C)C)cc2c1-c1ccc(F)cc1. The van der Waals surface area contributed by atoms with Crippen molar-refractivity contribution in [3.63, 3.8) is 0 Å². The Morgan fingerprint density at radius 3 is 2.52 bits per heavy atom. The monoisotopic (exact) mass is 342 g/mol. The van der Waals surface area contributed by atoms with Gasteiger partial charge in [0.15, 0.2) is 0 Å². The van der Waals surface area contributed by atoms with Gasteiger partial charge in [-0.15, -0.1) is 0 Å². The van der Waals surface area contributed by atoms with Crippen molar-refractivity contribution < 1.29 is 23.1 Å². The van der Waals surface area contributed by atoms with Gasteiger partial charge >= 0.3 is 5.97 Å². The lowest BCUT2D eigenvalue weighted by atomic mass is 10.0. The van der Waals surface area contributed by atoms with Crippen molar-refractivity contribution >= 4 is 16.9 Å². The van der Waals surface area contributed by atoms with Gasteiger partial charge in [0.25, 0.3) is 0 Å². The van der Waals surface area contributed by atoms with Crippen molar-refractivity contribution in [1.82, 2.24) is 0 Å².